The van der Waals surface area contributed by atoms with Crippen LogP contribution in [0.4, 0.5) is 5.69 Å². The third-order valence-corrected chi connectivity index (χ3v) is 2.83. The van der Waals surface area contributed by atoms with E-state index in [0.717, 1.165) is 10.9 Å². The van der Waals surface area contributed by atoms with Crippen LogP contribution in [0, 0.1) is 0 Å². The predicted octanol–water partition coefficient (Wildman–Crippen LogP) is -0.352. The van der Waals surface area contributed by atoms with Crippen molar-refractivity contribution in [3.05, 3.63) is 24.3 Å². The molecule has 0 unspecified atom stereocenters. The Bertz CT molecular complexity index is 602. The van der Waals surface area contributed by atoms with Crippen molar-refractivity contribution in [1.29, 1.82) is 0 Å². The number of benzene rings is 1. The summed E-state index contributed by atoms with van der Waals surface area (Å²) in [7, 11) is -3.45. The predicted molar refractivity (Wildman–Crippen MR) is 56.7 cm³/mol. The van der Waals surface area contributed by atoms with Gasteiger partial charge in [0.2, 0.25) is 9.84 Å². The van der Waals surface area contributed by atoms with Gasteiger partial charge in [0.25, 0.3) is 5.16 Å². The molecular formula is C8H9N5O2S. The highest BCUT2D eigenvalue weighted by Crippen LogP contribution is 2.13. The molecule has 0 aliphatic rings. The lowest BCUT2D eigenvalue weighted by Gasteiger charge is -2.02. The van der Waals surface area contributed by atoms with Crippen molar-refractivity contribution in [2.75, 3.05) is 12.0 Å². The molecule has 2 N–H and O–H groups in total. The number of anilines is 1. The van der Waals surface area contributed by atoms with Crippen LogP contribution in [0.5, 0.6) is 0 Å². The number of hydrogen-bond acceptors (Lipinski definition) is 6. The quantitative estimate of drug-likeness (QED) is 0.718. The fourth-order valence-corrected chi connectivity index (χ4v) is 1.83. The summed E-state index contributed by atoms with van der Waals surface area (Å²) in [5.74, 6) is 0. The summed E-state index contributed by atoms with van der Waals surface area (Å²) < 4.78 is 23.9. The van der Waals surface area contributed by atoms with E-state index in [1.165, 1.54) is 0 Å². The Labute approximate surface area is 91.8 Å². The van der Waals surface area contributed by atoms with E-state index < -0.39 is 9.84 Å². The summed E-state index contributed by atoms with van der Waals surface area (Å²) in [5.41, 5.74) is 6.65. The van der Waals surface area contributed by atoms with Gasteiger partial charge in [0, 0.05) is 11.9 Å². The van der Waals surface area contributed by atoms with Gasteiger partial charge >= 0.3 is 0 Å². The fourth-order valence-electron chi connectivity index (χ4n) is 1.19. The monoisotopic (exact) mass is 239 g/mol. The molecule has 1 heterocycles. The molecule has 84 valence electrons. The lowest BCUT2D eigenvalue weighted by Crippen LogP contribution is -2.08. The lowest BCUT2D eigenvalue weighted by atomic mass is 10.3. The van der Waals surface area contributed by atoms with Gasteiger partial charge in [0.05, 0.1) is 5.69 Å². The molecule has 1 aromatic carbocycles. The van der Waals surface area contributed by atoms with Crippen molar-refractivity contribution in [2.45, 2.75) is 5.16 Å². The zero-order valence-electron chi connectivity index (χ0n) is 8.40. The van der Waals surface area contributed by atoms with E-state index in [1.807, 2.05) is 0 Å². The first kappa shape index (κ1) is 10.6. The molecule has 2 aromatic rings. The Balaban J connectivity index is 2.58. The van der Waals surface area contributed by atoms with Crippen molar-refractivity contribution < 1.29 is 8.42 Å². The minimum absolute atomic E-state index is 0.197. The largest absolute Gasteiger partial charge is 0.399 e. The van der Waals surface area contributed by atoms with Gasteiger partial charge in [-0.1, -0.05) is 5.10 Å². The second-order valence-corrected chi connectivity index (χ2v) is 5.15. The van der Waals surface area contributed by atoms with Crippen molar-refractivity contribution in [2.24, 2.45) is 0 Å². The molecule has 0 saturated carbocycles. The molecule has 0 aliphatic carbocycles. The second kappa shape index (κ2) is 3.56. The molecule has 0 aliphatic heterocycles. The van der Waals surface area contributed by atoms with Gasteiger partial charge in [-0.05, 0) is 34.7 Å². The van der Waals surface area contributed by atoms with Crippen molar-refractivity contribution >= 4 is 15.5 Å². The normalized spacial score (nSPS) is 11.6. The van der Waals surface area contributed by atoms with Gasteiger partial charge in [-0.3, -0.25) is 0 Å². The Morgan fingerprint density at radius 3 is 2.44 bits per heavy atom. The van der Waals surface area contributed by atoms with E-state index in [-0.39, 0.29) is 5.16 Å². The van der Waals surface area contributed by atoms with Crippen molar-refractivity contribution in [3.8, 4) is 5.69 Å². The molecule has 2 rings (SSSR count). The van der Waals surface area contributed by atoms with E-state index in [9.17, 15) is 8.42 Å². The van der Waals surface area contributed by atoms with Crippen LogP contribution in [0.15, 0.2) is 29.4 Å². The first-order valence-electron chi connectivity index (χ1n) is 4.33. The standard InChI is InChI=1S/C8H9N5O2S/c1-16(14,15)8-10-11-12-13(8)7-4-2-6(9)3-5-7/h2-5H,9H2,1H3. The Morgan fingerprint density at radius 1 is 1.25 bits per heavy atom. The molecule has 0 radical (unpaired) electrons. The number of nitrogens with zero attached hydrogens (tertiary/aromatic N) is 4. The first-order chi connectivity index (χ1) is 7.48. The highest BCUT2D eigenvalue weighted by atomic mass is 32.2. The van der Waals surface area contributed by atoms with Gasteiger partial charge < -0.3 is 5.73 Å². The lowest BCUT2D eigenvalue weighted by molar-refractivity contribution is 0.586. The third kappa shape index (κ3) is 1.87. The summed E-state index contributed by atoms with van der Waals surface area (Å²) in [6.45, 7) is 0. The van der Waals surface area contributed by atoms with Gasteiger partial charge in [-0.25, -0.2) is 8.42 Å². The van der Waals surface area contributed by atoms with E-state index in [2.05, 4.69) is 15.5 Å². The van der Waals surface area contributed by atoms with E-state index in [0.29, 0.717) is 11.4 Å². The van der Waals surface area contributed by atoms with Gasteiger partial charge in [-0.15, -0.1) is 0 Å². The molecule has 7 nitrogen and oxygen atoms in total. The van der Waals surface area contributed by atoms with Crippen LogP contribution < -0.4 is 5.73 Å². The summed E-state index contributed by atoms with van der Waals surface area (Å²) in [6.07, 6.45) is 1.05. The Morgan fingerprint density at radius 2 is 1.88 bits per heavy atom. The molecular weight excluding hydrogens is 230 g/mol. The average molecular weight is 239 g/mol. The molecule has 0 atom stereocenters. The van der Waals surface area contributed by atoms with Crippen LogP contribution in [0.1, 0.15) is 0 Å². The Kier molecular flexibility index (Phi) is 2.35. The minimum Gasteiger partial charge on any atom is -0.399 e. The fraction of sp³-hybridized carbons (Fsp3) is 0.125. The number of tetrazole rings is 1. The van der Waals surface area contributed by atoms with Gasteiger partial charge in [-0.2, -0.15) is 4.68 Å². The second-order valence-electron chi connectivity index (χ2n) is 3.24. The molecule has 1 aromatic heterocycles. The number of aromatic nitrogens is 4. The summed E-state index contributed by atoms with van der Waals surface area (Å²) in [5, 5.41) is 10.2. The molecule has 0 amide bonds. The van der Waals surface area contributed by atoms with E-state index in [1.54, 1.807) is 24.3 Å². The van der Waals surface area contributed by atoms with E-state index >= 15 is 0 Å². The SMILES string of the molecule is CS(=O)(=O)c1nnnn1-c1ccc(N)cc1. The van der Waals surface area contributed by atoms with Crippen LogP contribution >= 0.6 is 0 Å². The van der Waals surface area contributed by atoms with Crippen LogP contribution in [-0.4, -0.2) is 34.9 Å². The number of hydrogen-bond donors (Lipinski definition) is 1. The number of rotatable bonds is 2. The maximum absolute atomic E-state index is 11.4. The Hall–Kier alpha value is -1.96. The molecule has 0 spiro atoms. The van der Waals surface area contributed by atoms with Crippen LogP contribution in [0.25, 0.3) is 5.69 Å². The highest BCUT2D eigenvalue weighted by molar-refractivity contribution is 7.90. The van der Waals surface area contributed by atoms with Crippen molar-refractivity contribution in [3.63, 3.8) is 0 Å². The molecule has 16 heavy (non-hydrogen) atoms. The summed E-state index contributed by atoms with van der Waals surface area (Å²) >= 11 is 0. The topological polar surface area (TPSA) is 104 Å². The van der Waals surface area contributed by atoms with Crippen LogP contribution in [0.2, 0.25) is 0 Å². The zero-order valence-corrected chi connectivity index (χ0v) is 9.22. The van der Waals surface area contributed by atoms with Gasteiger partial charge in [0.1, 0.15) is 0 Å². The number of nitrogens with two attached hydrogens (primary N) is 1. The molecule has 0 fully saturated rings. The van der Waals surface area contributed by atoms with Crippen LogP contribution in [0.3, 0.4) is 0 Å². The van der Waals surface area contributed by atoms with Crippen molar-refractivity contribution in [1.82, 2.24) is 20.2 Å². The van der Waals surface area contributed by atoms with E-state index in [4.69, 9.17) is 5.73 Å². The smallest absolute Gasteiger partial charge is 0.272 e. The maximum Gasteiger partial charge on any atom is 0.272 e. The summed E-state index contributed by atoms with van der Waals surface area (Å²) in [6, 6.07) is 6.56. The first-order valence-corrected chi connectivity index (χ1v) is 6.22. The van der Waals surface area contributed by atoms with Crippen LogP contribution in [-0.2, 0) is 9.84 Å². The highest BCUT2D eigenvalue weighted by Gasteiger charge is 2.18. The average Bonchev–Trinajstić information content (AvgIpc) is 2.66. The molecule has 8 heteroatoms. The minimum atomic E-state index is -3.45. The summed E-state index contributed by atoms with van der Waals surface area (Å²) in [4.78, 5) is 0. The van der Waals surface area contributed by atoms with Gasteiger partial charge in [0.15, 0.2) is 0 Å². The zero-order chi connectivity index (χ0) is 11.8. The number of nitrogen functional groups attached to an aromatic ring is 1. The molecule has 0 bridgehead atoms. The molecule has 0 saturated heterocycles. The number of sulfone groups is 1. The maximum atomic E-state index is 11.4. The third-order valence-electron chi connectivity index (χ3n) is 1.91.